The quantitative estimate of drug-likeness (QED) is 0.384. The molecule has 3 aromatic carbocycles. The topological polar surface area (TPSA) is 73.2 Å². The molecule has 4 rings (SSSR count). The van der Waals surface area contributed by atoms with E-state index < -0.39 is 0 Å². The molecule has 0 radical (unpaired) electrons. The van der Waals surface area contributed by atoms with Gasteiger partial charge in [-0.3, -0.25) is 4.79 Å². The third-order valence-corrected chi connectivity index (χ3v) is 5.63. The molecule has 0 fully saturated rings. The molecule has 1 atom stereocenters. The van der Waals surface area contributed by atoms with Gasteiger partial charge in [0.1, 0.15) is 5.82 Å². The van der Waals surface area contributed by atoms with Gasteiger partial charge in [-0.15, -0.1) is 0 Å². The first-order chi connectivity index (χ1) is 16.1. The lowest BCUT2D eigenvalue weighted by Crippen LogP contribution is -2.30. The number of hydrogen-bond donors (Lipinski definition) is 1. The van der Waals surface area contributed by atoms with Crippen molar-refractivity contribution < 1.29 is 14.3 Å². The zero-order valence-electron chi connectivity index (χ0n) is 18.8. The molecule has 0 spiro atoms. The van der Waals surface area contributed by atoms with E-state index in [1.165, 1.54) is 7.11 Å². The van der Waals surface area contributed by atoms with Crippen LogP contribution in [0.15, 0.2) is 78.9 Å². The van der Waals surface area contributed by atoms with Crippen LogP contribution in [-0.4, -0.2) is 28.5 Å². The van der Waals surface area contributed by atoms with Crippen LogP contribution in [0.3, 0.4) is 0 Å². The molecule has 0 aliphatic rings. The molecule has 0 aliphatic heterocycles. The summed E-state index contributed by atoms with van der Waals surface area (Å²) in [6.45, 7) is 2.67. The minimum atomic E-state index is -0.359. The molecule has 168 valence electrons. The number of ether oxygens (including phenoxy) is 1. The molecule has 0 saturated carbocycles. The maximum Gasteiger partial charge on any atom is 0.337 e. The highest BCUT2D eigenvalue weighted by molar-refractivity contribution is 5.94. The van der Waals surface area contributed by atoms with E-state index in [0.717, 1.165) is 35.3 Å². The molecule has 6 heteroatoms. The van der Waals surface area contributed by atoms with E-state index in [9.17, 15) is 9.59 Å². The lowest BCUT2D eigenvalue weighted by molar-refractivity contribution is 0.0600. The third-order valence-electron chi connectivity index (χ3n) is 5.63. The van der Waals surface area contributed by atoms with Crippen LogP contribution in [0.5, 0.6) is 0 Å². The summed E-state index contributed by atoms with van der Waals surface area (Å²) in [4.78, 5) is 29.6. The molecule has 1 amide bonds. The first kappa shape index (κ1) is 22.3. The van der Waals surface area contributed by atoms with Crippen molar-refractivity contribution in [3.63, 3.8) is 0 Å². The van der Waals surface area contributed by atoms with E-state index in [2.05, 4.69) is 16.8 Å². The molecule has 1 aromatic heterocycles. The van der Waals surface area contributed by atoms with Crippen LogP contribution in [0.1, 0.15) is 57.9 Å². The summed E-state index contributed by atoms with van der Waals surface area (Å²) in [5.74, 6) is 0.344. The monoisotopic (exact) mass is 441 g/mol. The number of carbonyl (C=O) groups excluding carboxylic acids is 2. The number of para-hydroxylation sites is 2. The van der Waals surface area contributed by atoms with Crippen molar-refractivity contribution in [3.05, 3.63) is 101 Å². The largest absolute Gasteiger partial charge is 0.465 e. The maximum atomic E-state index is 12.9. The number of nitrogens with zero attached hydrogens (tertiary/aromatic N) is 2. The van der Waals surface area contributed by atoms with Crippen LogP contribution in [0, 0.1) is 0 Å². The Bertz CT molecular complexity index is 1250. The molecule has 33 heavy (non-hydrogen) atoms. The van der Waals surface area contributed by atoms with E-state index in [4.69, 9.17) is 9.72 Å². The standard InChI is InChI=1S/C27H27N3O3/c1-3-9-23(29-26(31)20-10-5-4-6-11-20)25-28-22-12-7-8-13-24(22)30(25)18-19-14-16-21(17-15-19)27(32)33-2/h4-8,10-17,23H,3,9,18H2,1-2H3,(H,29,31). The van der Waals surface area contributed by atoms with Crippen LogP contribution < -0.4 is 5.32 Å². The van der Waals surface area contributed by atoms with Crippen LogP contribution in [-0.2, 0) is 11.3 Å². The summed E-state index contributed by atoms with van der Waals surface area (Å²) in [6, 6.07) is 24.3. The van der Waals surface area contributed by atoms with Crippen molar-refractivity contribution in [2.75, 3.05) is 7.11 Å². The molecule has 6 nitrogen and oxygen atoms in total. The Labute approximate surface area is 193 Å². The number of esters is 1. The number of nitrogens with one attached hydrogen (secondary N) is 1. The van der Waals surface area contributed by atoms with Crippen molar-refractivity contribution in [1.29, 1.82) is 0 Å². The van der Waals surface area contributed by atoms with Crippen molar-refractivity contribution in [2.45, 2.75) is 32.4 Å². The van der Waals surface area contributed by atoms with Gasteiger partial charge in [0.05, 0.1) is 29.7 Å². The maximum absolute atomic E-state index is 12.9. The van der Waals surface area contributed by atoms with Crippen molar-refractivity contribution >= 4 is 22.9 Å². The number of methoxy groups -OCH3 is 1. The SMILES string of the molecule is CCCC(NC(=O)c1ccccc1)c1nc2ccccc2n1Cc1ccc(C(=O)OC)cc1. The summed E-state index contributed by atoms with van der Waals surface area (Å²) in [7, 11) is 1.37. The average molecular weight is 442 g/mol. The molecule has 1 heterocycles. The zero-order chi connectivity index (χ0) is 23.2. The molecule has 4 aromatic rings. The Kier molecular flexibility index (Phi) is 6.83. The van der Waals surface area contributed by atoms with E-state index in [1.807, 2.05) is 66.7 Å². The number of fused-ring (bicyclic) bond motifs is 1. The smallest absolute Gasteiger partial charge is 0.337 e. The summed E-state index contributed by atoms with van der Waals surface area (Å²) in [5, 5.41) is 3.19. The molecule has 1 unspecified atom stereocenters. The number of carbonyl (C=O) groups is 2. The lowest BCUT2D eigenvalue weighted by Gasteiger charge is -2.20. The summed E-state index contributed by atoms with van der Waals surface area (Å²) >= 11 is 0. The fourth-order valence-corrected chi connectivity index (χ4v) is 3.96. The number of hydrogen-bond acceptors (Lipinski definition) is 4. The number of rotatable bonds is 8. The van der Waals surface area contributed by atoms with Gasteiger partial charge in [0, 0.05) is 12.1 Å². The number of aromatic nitrogens is 2. The molecule has 0 bridgehead atoms. The minimum Gasteiger partial charge on any atom is -0.465 e. The second-order valence-electron chi connectivity index (χ2n) is 7.91. The van der Waals surface area contributed by atoms with Gasteiger partial charge < -0.3 is 14.6 Å². The predicted octanol–water partition coefficient (Wildman–Crippen LogP) is 5.14. The Morgan fingerprint density at radius 3 is 2.33 bits per heavy atom. The van der Waals surface area contributed by atoms with Gasteiger partial charge >= 0.3 is 5.97 Å². The van der Waals surface area contributed by atoms with Crippen LogP contribution in [0.4, 0.5) is 0 Å². The van der Waals surface area contributed by atoms with E-state index in [-0.39, 0.29) is 17.9 Å². The van der Waals surface area contributed by atoms with Gasteiger partial charge in [-0.2, -0.15) is 0 Å². The van der Waals surface area contributed by atoms with Gasteiger partial charge in [-0.1, -0.05) is 55.8 Å². The first-order valence-corrected chi connectivity index (χ1v) is 11.1. The minimum absolute atomic E-state index is 0.116. The van der Waals surface area contributed by atoms with Crippen LogP contribution >= 0.6 is 0 Å². The fourth-order valence-electron chi connectivity index (χ4n) is 3.96. The Balaban J connectivity index is 1.69. The molecule has 0 saturated heterocycles. The highest BCUT2D eigenvalue weighted by atomic mass is 16.5. The van der Waals surface area contributed by atoms with Crippen LogP contribution in [0.25, 0.3) is 11.0 Å². The molecular weight excluding hydrogens is 414 g/mol. The van der Waals surface area contributed by atoms with E-state index >= 15 is 0 Å². The first-order valence-electron chi connectivity index (χ1n) is 11.1. The Hall–Kier alpha value is -3.93. The Morgan fingerprint density at radius 2 is 1.64 bits per heavy atom. The van der Waals surface area contributed by atoms with Gasteiger partial charge in [0.2, 0.25) is 0 Å². The van der Waals surface area contributed by atoms with E-state index in [0.29, 0.717) is 17.7 Å². The Morgan fingerprint density at radius 1 is 0.939 bits per heavy atom. The fraction of sp³-hybridized carbons (Fsp3) is 0.222. The summed E-state index contributed by atoms with van der Waals surface area (Å²) in [5.41, 5.74) is 4.04. The van der Waals surface area contributed by atoms with Gasteiger partial charge in [0.25, 0.3) is 5.91 Å². The van der Waals surface area contributed by atoms with Gasteiger partial charge in [-0.25, -0.2) is 9.78 Å². The lowest BCUT2D eigenvalue weighted by atomic mass is 10.1. The third kappa shape index (κ3) is 4.95. The van der Waals surface area contributed by atoms with Gasteiger partial charge in [0.15, 0.2) is 0 Å². The summed E-state index contributed by atoms with van der Waals surface area (Å²) < 4.78 is 6.94. The van der Waals surface area contributed by atoms with E-state index in [1.54, 1.807) is 12.1 Å². The number of amides is 1. The van der Waals surface area contributed by atoms with Crippen molar-refractivity contribution in [3.8, 4) is 0 Å². The molecule has 0 aliphatic carbocycles. The molecular formula is C27H27N3O3. The normalized spacial score (nSPS) is 11.8. The summed E-state index contributed by atoms with van der Waals surface area (Å²) in [6.07, 6.45) is 1.67. The van der Waals surface area contributed by atoms with Gasteiger partial charge in [-0.05, 0) is 48.4 Å². The predicted molar refractivity (Wildman–Crippen MR) is 128 cm³/mol. The second kappa shape index (κ2) is 10.1. The van der Waals surface area contributed by atoms with Crippen molar-refractivity contribution in [2.24, 2.45) is 0 Å². The average Bonchev–Trinajstić information content (AvgIpc) is 3.22. The second-order valence-corrected chi connectivity index (χ2v) is 7.91. The number of imidazole rings is 1. The number of benzene rings is 3. The highest BCUT2D eigenvalue weighted by Gasteiger charge is 2.22. The zero-order valence-corrected chi connectivity index (χ0v) is 18.8. The highest BCUT2D eigenvalue weighted by Crippen LogP contribution is 2.25. The molecule has 1 N–H and O–H groups in total. The van der Waals surface area contributed by atoms with Crippen molar-refractivity contribution in [1.82, 2.24) is 14.9 Å². The van der Waals surface area contributed by atoms with Crippen LogP contribution in [0.2, 0.25) is 0 Å².